The van der Waals surface area contributed by atoms with E-state index in [1.165, 1.54) is 4.88 Å². The number of hydrogen-bond donors (Lipinski definition) is 2. The Balaban J connectivity index is 0.00000243. The summed E-state index contributed by atoms with van der Waals surface area (Å²) in [6, 6.07) is 0.278. The van der Waals surface area contributed by atoms with Gasteiger partial charge in [0.15, 0.2) is 11.8 Å². The molecule has 2 aromatic rings. The van der Waals surface area contributed by atoms with Crippen molar-refractivity contribution in [2.24, 2.45) is 4.99 Å². The summed E-state index contributed by atoms with van der Waals surface area (Å²) in [5, 5.41) is 12.5. The van der Waals surface area contributed by atoms with Crippen molar-refractivity contribution in [3.05, 3.63) is 27.2 Å². The lowest BCUT2D eigenvalue weighted by Gasteiger charge is -2.25. The summed E-state index contributed by atoms with van der Waals surface area (Å²) in [4.78, 5) is 14.6. The third-order valence-electron chi connectivity index (χ3n) is 4.16. The quantitative estimate of drug-likeness (QED) is 0.377. The second-order valence-electron chi connectivity index (χ2n) is 6.11. The van der Waals surface area contributed by atoms with Crippen LogP contribution >= 0.6 is 35.3 Å². The summed E-state index contributed by atoms with van der Waals surface area (Å²) in [7, 11) is 3.45. The molecule has 1 unspecified atom stereocenters. The number of aromatic nitrogens is 4. The summed E-state index contributed by atoms with van der Waals surface area (Å²) >= 11 is 1.72. The van der Waals surface area contributed by atoms with Crippen LogP contribution in [0, 0.1) is 13.8 Å². The summed E-state index contributed by atoms with van der Waals surface area (Å²) in [5.74, 6) is 2.58. The maximum atomic E-state index is 5.11. The van der Waals surface area contributed by atoms with Gasteiger partial charge in [-0.3, -0.25) is 4.99 Å². The molecule has 0 saturated heterocycles. The first kappa shape index (κ1) is 21.0. The molecule has 0 aliphatic carbocycles. The largest absolute Gasteiger partial charge is 0.377 e. The average molecular weight is 491 g/mol. The zero-order chi connectivity index (χ0) is 17.8. The molecule has 0 bridgehead atoms. The van der Waals surface area contributed by atoms with Crippen LogP contribution in [0.2, 0.25) is 0 Å². The van der Waals surface area contributed by atoms with Gasteiger partial charge in [-0.1, -0.05) is 0 Å². The Morgan fingerprint density at radius 2 is 2.19 bits per heavy atom. The Morgan fingerprint density at radius 1 is 1.38 bits per heavy atom. The van der Waals surface area contributed by atoms with Crippen LogP contribution in [0.25, 0.3) is 0 Å². The van der Waals surface area contributed by atoms with E-state index in [1.54, 1.807) is 25.5 Å². The van der Waals surface area contributed by atoms with E-state index in [2.05, 4.69) is 30.7 Å². The normalized spacial score (nSPS) is 16.8. The molecule has 0 saturated carbocycles. The van der Waals surface area contributed by atoms with Gasteiger partial charge in [0.1, 0.15) is 12.4 Å². The molecule has 3 heterocycles. The molecule has 0 fully saturated rings. The first-order valence-electron chi connectivity index (χ1n) is 8.40. The molecule has 26 heavy (non-hydrogen) atoms. The summed E-state index contributed by atoms with van der Waals surface area (Å²) in [6.45, 7) is 6.04. The van der Waals surface area contributed by atoms with Crippen LogP contribution in [-0.2, 0) is 30.9 Å². The van der Waals surface area contributed by atoms with Crippen LogP contribution in [-0.4, -0.2) is 45.9 Å². The second-order valence-corrected chi connectivity index (χ2v) is 7.39. The molecule has 0 amide bonds. The van der Waals surface area contributed by atoms with E-state index in [-0.39, 0.29) is 30.0 Å². The first-order valence-corrected chi connectivity index (χ1v) is 9.22. The Morgan fingerprint density at radius 3 is 2.85 bits per heavy atom. The summed E-state index contributed by atoms with van der Waals surface area (Å²) in [5.41, 5.74) is 1.08. The average Bonchev–Trinajstić information content (AvgIpc) is 3.13. The van der Waals surface area contributed by atoms with E-state index in [0.29, 0.717) is 6.61 Å². The van der Waals surface area contributed by atoms with Gasteiger partial charge in [0, 0.05) is 31.5 Å². The highest BCUT2D eigenvalue weighted by atomic mass is 127. The molecule has 8 nitrogen and oxygen atoms in total. The zero-order valence-corrected chi connectivity index (χ0v) is 18.7. The van der Waals surface area contributed by atoms with E-state index in [1.807, 2.05) is 18.5 Å². The number of hydrogen-bond acceptors (Lipinski definition) is 6. The molecule has 2 aromatic heterocycles. The SMILES string of the molecule is CN=C(NCc1sc(C)nc1C)NC1CCc2nc(COC)nn2C1.I. The van der Waals surface area contributed by atoms with E-state index >= 15 is 0 Å². The number of guanidine groups is 1. The molecule has 2 N–H and O–H groups in total. The minimum atomic E-state index is 0. The van der Waals surface area contributed by atoms with Gasteiger partial charge in [-0.05, 0) is 20.3 Å². The first-order chi connectivity index (χ1) is 12.1. The van der Waals surface area contributed by atoms with Crippen molar-refractivity contribution in [1.29, 1.82) is 0 Å². The van der Waals surface area contributed by atoms with Gasteiger partial charge in [-0.25, -0.2) is 14.6 Å². The molecular formula is C16H26IN7OS. The molecule has 10 heteroatoms. The van der Waals surface area contributed by atoms with Crippen molar-refractivity contribution in [2.75, 3.05) is 14.2 Å². The van der Waals surface area contributed by atoms with Crippen molar-refractivity contribution in [3.63, 3.8) is 0 Å². The van der Waals surface area contributed by atoms with Gasteiger partial charge in [-0.2, -0.15) is 5.10 Å². The summed E-state index contributed by atoms with van der Waals surface area (Å²) < 4.78 is 7.08. The fraction of sp³-hybridized carbons (Fsp3) is 0.625. The Labute approximate surface area is 174 Å². The van der Waals surface area contributed by atoms with Crippen LogP contribution in [0.15, 0.2) is 4.99 Å². The van der Waals surface area contributed by atoms with E-state index in [9.17, 15) is 0 Å². The number of rotatable bonds is 5. The molecule has 1 aliphatic heterocycles. The Kier molecular flexibility index (Phi) is 7.77. The lowest BCUT2D eigenvalue weighted by molar-refractivity contribution is 0.177. The Bertz CT molecular complexity index is 758. The predicted octanol–water partition coefficient (Wildman–Crippen LogP) is 1.80. The molecule has 1 atom stereocenters. The number of halogens is 1. The fourth-order valence-electron chi connectivity index (χ4n) is 2.96. The minimum absolute atomic E-state index is 0. The number of nitrogens with one attached hydrogen (secondary N) is 2. The van der Waals surface area contributed by atoms with Crippen molar-refractivity contribution < 1.29 is 4.74 Å². The number of fused-ring (bicyclic) bond motifs is 1. The third-order valence-corrected chi connectivity index (χ3v) is 5.23. The van der Waals surface area contributed by atoms with Crippen LogP contribution in [0.1, 0.15) is 33.6 Å². The zero-order valence-electron chi connectivity index (χ0n) is 15.6. The molecule has 3 rings (SSSR count). The number of methoxy groups -OCH3 is 1. The maximum Gasteiger partial charge on any atom is 0.191 e. The van der Waals surface area contributed by atoms with Gasteiger partial charge in [-0.15, -0.1) is 35.3 Å². The second kappa shape index (κ2) is 9.60. The van der Waals surface area contributed by atoms with Crippen LogP contribution in [0.5, 0.6) is 0 Å². The summed E-state index contributed by atoms with van der Waals surface area (Å²) in [6.07, 6.45) is 1.91. The highest BCUT2D eigenvalue weighted by molar-refractivity contribution is 14.0. The minimum Gasteiger partial charge on any atom is -0.377 e. The van der Waals surface area contributed by atoms with Crippen molar-refractivity contribution in [3.8, 4) is 0 Å². The number of aryl methyl sites for hydroxylation is 3. The van der Waals surface area contributed by atoms with Crippen LogP contribution < -0.4 is 10.6 Å². The van der Waals surface area contributed by atoms with Crippen molar-refractivity contribution in [1.82, 2.24) is 30.4 Å². The monoisotopic (exact) mass is 491 g/mol. The van der Waals surface area contributed by atoms with E-state index in [4.69, 9.17) is 4.74 Å². The molecule has 0 radical (unpaired) electrons. The number of aliphatic imine (C=N–C) groups is 1. The van der Waals surface area contributed by atoms with E-state index < -0.39 is 0 Å². The van der Waals surface area contributed by atoms with Gasteiger partial charge in [0.25, 0.3) is 0 Å². The Hall–Kier alpha value is -1.27. The fourth-order valence-corrected chi connectivity index (χ4v) is 3.84. The predicted molar refractivity (Wildman–Crippen MR) is 113 cm³/mol. The van der Waals surface area contributed by atoms with Gasteiger partial charge < -0.3 is 15.4 Å². The molecule has 144 valence electrons. The smallest absolute Gasteiger partial charge is 0.191 e. The number of ether oxygens (including phenoxy) is 1. The standard InChI is InChI=1S/C16H25N7OS.HI/c1-10-13(25-11(2)19-10)7-18-16(17-3)20-12-5-6-15-21-14(9-24-4)22-23(15)8-12;/h12H,5-9H2,1-4H3,(H2,17,18,20);1H. The maximum absolute atomic E-state index is 5.11. The molecule has 1 aliphatic rings. The molecular weight excluding hydrogens is 465 g/mol. The molecule has 0 aromatic carbocycles. The lowest BCUT2D eigenvalue weighted by Crippen LogP contribution is -2.46. The van der Waals surface area contributed by atoms with Gasteiger partial charge in [0.2, 0.25) is 0 Å². The van der Waals surface area contributed by atoms with Gasteiger partial charge in [0.05, 0.1) is 23.8 Å². The van der Waals surface area contributed by atoms with Crippen molar-refractivity contribution in [2.45, 2.75) is 52.4 Å². The van der Waals surface area contributed by atoms with Crippen molar-refractivity contribution >= 4 is 41.3 Å². The van der Waals surface area contributed by atoms with Crippen LogP contribution in [0.4, 0.5) is 0 Å². The van der Waals surface area contributed by atoms with E-state index in [0.717, 1.165) is 54.2 Å². The molecule has 0 spiro atoms. The highest BCUT2D eigenvalue weighted by Crippen LogP contribution is 2.17. The topological polar surface area (TPSA) is 89.2 Å². The number of nitrogens with zero attached hydrogens (tertiary/aromatic N) is 5. The number of thiazole rings is 1. The lowest BCUT2D eigenvalue weighted by atomic mass is 10.1. The van der Waals surface area contributed by atoms with Crippen LogP contribution in [0.3, 0.4) is 0 Å². The highest BCUT2D eigenvalue weighted by Gasteiger charge is 2.22. The van der Waals surface area contributed by atoms with Gasteiger partial charge >= 0.3 is 0 Å². The third kappa shape index (κ3) is 5.13.